The van der Waals surface area contributed by atoms with Crippen LogP contribution in [0.3, 0.4) is 0 Å². The maximum atomic E-state index is 2.51. The first kappa shape index (κ1) is 32.9. The lowest BCUT2D eigenvalue weighted by Crippen LogP contribution is -2.10. The molecular formula is C54H33N3S2. The molecule has 9 aromatic carbocycles. The van der Waals surface area contributed by atoms with Gasteiger partial charge in [0.25, 0.3) is 0 Å². The molecule has 276 valence electrons. The molecule has 0 saturated heterocycles. The predicted octanol–water partition coefficient (Wildman–Crippen LogP) is 16.5. The second-order valence-electron chi connectivity index (χ2n) is 15.3. The molecule has 3 nitrogen and oxygen atoms in total. The van der Waals surface area contributed by atoms with Gasteiger partial charge in [0.1, 0.15) is 0 Å². The van der Waals surface area contributed by atoms with Gasteiger partial charge >= 0.3 is 0 Å². The Morgan fingerprint density at radius 2 is 0.712 bits per heavy atom. The van der Waals surface area contributed by atoms with Gasteiger partial charge in [0, 0.05) is 84.6 Å². The van der Waals surface area contributed by atoms with Crippen molar-refractivity contribution >= 4 is 135 Å². The van der Waals surface area contributed by atoms with Crippen LogP contribution in [0, 0.1) is 0 Å². The highest BCUT2D eigenvalue weighted by Crippen LogP contribution is 2.50. The molecule has 0 amide bonds. The number of para-hydroxylation sites is 3. The van der Waals surface area contributed by atoms with E-state index in [-0.39, 0.29) is 0 Å². The summed E-state index contributed by atoms with van der Waals surface area (Å²) in [5.41, 5.74) is 10.5. The van der Waals surface area contributed by atoms with Gasteiger partial charge in [0.05, 0.1) is 27.9 Å². The first-order valence-electron chi connectivity index (χ1n) is 20.0. The van der Waals surface area contributed by atoms with Crippen LogP contribution in [0.5, 0.6) is 0 Å². The Kier molecular flexibility index (Phi) is 7.05. The third-order valence-corrected chi connectivity index (χ3v) is 14.4. The van der Waals surface area contributed by atoms with Crippen molar-refractivity contribution in [2.45, 2.75) is 0 Å². The van der Waals surface area contributed by atoms with Gasteiger partial charge in [0.2, 0.25) is 0 Å². The van der Waals surface area contributed by atoms with Gasteiger partial charge < -0.3 is 14.2 Å². The SMILES string of the molecule is c1ccc(N(c2ccc3sc4ccccc4c3c2)c2cccc3c2c2cccc4c5c(N(c6ccccc6)c6ccc7sc8ccccc8c7c6)cccc5n3c24)cc1. The number of nitrogens with zero attached hydrogens (tertiary/aromatic N) is 3. The molecule has 13 aromatic rings. The molecule has 13 rings (SSSR count). The molecule has 0 aliphatic carbocycles. The molecule has 0 aliphatic heterocycles. The fraction of sp³-hybridized carbons (Fsp3) is 0. The van der Waals surface area contributed by atoms with Crippen LogP contribution in [0.2, 0.25) is 0 Å². The number of anilines is 6. The Hall–Kier alpha value is -7.18. The van der Waals surface area contributed by atoms with Gasteiger partial charge in [-0.05, 0) is 97.1 Å². The number of aromatic nitrogens is 1. The van der Waals surface area contributed by atoms with Crippen molar-refractivity contribution in [3.63, 3.8) is 0 Å². The molecule has 0 spiro atoms. The summed E-state index contributed by atoms with van der Waals surface area (Å²) in [4.78, 5) is 4.90. The van der Waals surface area contributed by atoms with E-state index in [0.717, 1.165) is 34.1 Å². The highest BCUT2D eigenvalue weighted by atomic mass is 32.1. The second-order valence-corrected chi connectivity index (χ2v) is 17.4. The minimum absolute atomic E-state index is 1.13. The van der Waals surface area contributed by atoms with Crippen molar-refractivity contribution in [2.24, 2.45) is 0 Å². The van der Waals surface area contributed by atoms with Crippen molar-refractivity contribution in [2.75, 3.05) is 9.80 Å². The van der Waals surface area contributed by atoms with E-state index in [0.29, 0.717) is 0 Å². The molecule has 0 fully saturated rings. The summed E-state index contributed by atoms with van der Waals surface area (Å²) in [6.07, 6.45) is 0. The monoisotopic (exact) mass is 787 g/mol. The van der Waals surface area contributed by atoms with Gasteiger partial charge in [-0.3, -0.25) is 0 Å². The van der Waals surface area contributed by atoms with Crippen LogP contribution in [0.4, 0.5) is 34.1 Å². The van der Waals surface area contributed by atoms with E-state index in [1.165, 1.54) is 78.4 Å². The fourth-order valence-electron chi connectivity index (χ4n) is 9.63. The Labute approximate surface area is 347 Å². The topological polar surface area (TPSA) is 10.9 Å². The highest BCUT2D eigenvalue weighted by molar-refractivity contribution is 7.26. The molecule has 5 heteroatoms. The normalized spacial score (nSPS) is 12.1. The second kappa shape index (κ2) is 12.7. The molecule has 59 heavy (non-hydrogen) atoms. The Balaban J connectivity index is 1.07. The van der Waals surface area contributed by atoms with Crippen molar-refractivity contribution in [1.29, 1.82) is 0 Å². The van der Waals surface area contributed by atoms with E-state index in [1.807, 2.05) is 22.7 Å². The molecule has 4 aromatic heterocycles. The van der Waals surface area contributed by atoms with Crippen molar-refractivity contribution in [3.05, 3.63) is 200 Å². The van der Waals surface area contributed by atoms with E-state index in [4.69, 9.17) is 0 Å². The lowest BCUT2D eigenvalue weighted by Gasteiger charge is -2.27. The van der Waals surface area contributed by atoms with Gasteiger partial charge in [-0.2, -0.15) is 0 Å². The fourth-order valence-corrected chi connectivity index (χ4v) is 11.8. The summed E-state index contributed by atoms with van der Waals surface area (Å²) in [6, 6.07) is 73.6. The van der Waals surface area contributed by atoms with Crippen LogP contribution < -0.4 is 9.80 Å². The molecule has 0 bridgehead atoms. The summed E-state index contributed by atoms with van der Waals surface area (Å²) in [5.74, 6) is 0. The van der Waals surface area contributed by atoms with Crippen LogP contribution in [-0.2, 0) is 0 Å². The molecule has 4 heterocycles. The van der Waals surface area contributed by atoms with E-state index < -0.39 is 0 Å². The maximum absolute atomic E-state index is 2.51. The third kappa shape index (κ3) is 4.80. The van der Waals surface area contributed by atoms with E-state index >= 15 is 0 Å². The third-order valence-electron chi connectivity index (χ3n) is 12.1. The van der Waals surface area contributed by atoms with Crippen LogP contribution in [0.15, 0.2) is 200 Å². The minimum atomic E-state index is 1.13. The minimum Gasteiger partial charge on any atom is -0.310 e. The first-order valence-corrected chi connectivity index (χ1v) is 21.6. The van der Waals surface area contributed by atoms with Gasteiger partial charge in [-0.25, -0.2) is 0 Å². The number of benzene rings is 9. The lowest BCUT2D eigenvalue weighted by molar-refractivity contribution is 1.30. The largest absolute Gasteiger partial charge is 0.310 e. The number of rotatable bonds is 6. The molecule has 0 unspecified atom stereocenters. The average Bonchev–Trinajstić information content (AvgIpc) is 4.05. The van der Waals surface area contributed by atoms with Crippen LogP contribution in [-0.4, -0.2) is 4.40 Å². The van der Waals surface area contributed by atoms with E-state index in [9.17, 15) is 0 Å². The zero-order chi connectivity index (χ0) is 38.6. The molecule has 0 atom stereocenters. The summed E-state index contributed by atoms with van der Waals surface area (Å²) in [6.45, 7) is 0. The smallest absolute Gasteiger partial charge is 0.0622 e. The lowest BCUT2D eigenvalue weighted by atomic mass is 10.0. The Morgan fingerprint density at radius 1 is 0.305 bits per heavy atom. The summed E-state index contributed by atoms with van der Waals surface area (Å²) < 4.78 is 7.75. The van der Waals surface area contributed by atoms with Crippen LogP contribution >= 0.6 is 22.7 Å². The van der Waals surface area contributed by atoms with Gasteiger partial charge in [-0.15, -0.1) is 22.7 Å². The van der Waals surface area contributed by atoms with Crippen molar-refractivity contribution < 1.29 is 0 Å². The van der Waals surface area contributed by atoms with Gasteiger partial charge in [0.15, 0.2) is 0 Å². The Bertz CT molecular complexity index is 3510. The highest BCUT2D eigenvalue weighted by Gasteiger charge is 2.26. The average molecular weight is 788 g/mol. The predicted molar refractivity (Wildman–Crippen MR) is 256 cm³/mol. The first-order chi connectivity index (χ1) is 29.3. The standard InChI is InChI=1S/C54H33N3S2/c1-3-14-34(15-4-1)55(36-28-30-50-42(32-36)38-18-7-9-26-48(38)58-50)44-22-12-24-46-52(44)40-20-11-21-41-53-45(23-13-25-47(53)57(46)54(40)41)56(35-16-5-2-6-17-35)37-29-31-51-43(33-37)39-19-8-10-27-49(39)59-51/h1-33H. The van der Waals surface area contributed by atoms with Crippen molar-refractivity contribution in [1.82, 2.24) is 4.40 Å². The van der Waals surface area contributed by atoms with E-state index in [2.05, 4.69) is 214 Å². The summed E-state index contributed by atoms with van der Waals surface area (Å²) >= 11 is 3.72. The molecule has 0 aliphatic rings. The quantitative estimate of drug-likeness (QED) is 0.166. The van der Waals surface area contributed by atoms with Crippen LogP contribution in [0.25, 0.3) is 78.4 Å². The number of fused-ring (bicyclic) bond motifs is 12. The molecule has 0 radical (unpaired) electrons. The molecule has 0 saturated carbocycles. The number of hydrogen-bond donors (Lipinski definition) is 0. The summed E-state index contributed by atoms with van der Waals surface area (Å²) in [7, 11) is 0. The maximum Gasteiger partial charge on any atom is 0.0622 e. The van der Waals surface area contributed by atoms with Gasteiger partial charge in [-0.1, -0.05) is 103 Å². The Morgan fingerprint density at radius 3 is 1.20 bits per heavy atom. The molecular weight excluding hydrogens is 755 g/mol. The van der Waals surface area contributed by atoms with E-state index in [1.54, 1.807) is 0 Å². The zero-order valence-corrected chi connectivity index (χ0v) is 33.3. The zero-order valence-electron chi connectivity index (χ0n) is 31.7. The van der Waals surface area contributed by atoms with Crippen LogP contribution in [0.1, 0.15) is 0 Å². The van der Waals surface area contributed by atoms with Crippen molar-refractivity contribution in [3.8, 4) is 0 Å². The number of hydrogen-bond acceptors (Lipinski definition) is 4. The summed E-state index contributed by atoms with van der Waals surface area (Å²) in [5, 5.41) is 10.2. The number of thiophene rings is 2. The molecule has 0 N–H and O–H groups in total.